The quantitative estimate of drug-likeness (QED) is 0.682. The molecule has 2 rings (SSSR count). The Morgan fingerprint density at radius 3 is 1.16 bits per heavy atom. The second-order valence-corrected chi connectivity index (χ2v) is 9.64. The van der Waals surface area contributed by atoms with Crippen molar-refractivity contribution in [3.05, 3.63) is 42.5 Å². The van der Waals surface area contributed by atoms with Crippen LogP contribution in [0.5, 0.6) is 0 Å². The zero-order valence-corrected chi connectivity index (χ0v) is 18.5. The summed E-state index contributed by atoms with van der Waals surface area (Å²) in [6.07, 6.45) is 0. The molecule has 0 nitrogen and oxygen atoms in total. The minimum absolute atomic E-state index is 0.760. The summed E-state index contributed by atoms with van der Waals surface area (Å²) in [6.45, 7) is 13.9. The van der Waals surface area contributed by atoms with E-state index in [0.29, 0.717) is 0 Å². The first-order valence-electron chi connectivity index (χ1n) is 7.13. The van der Waals surface area contributed by atoms with Crippen LogP contribution in [0.3, 0.4) is 0 Å². The maximum atomic E-state index is 2.33. The molecule has 2 unspecified atom stereocenters. The molecule has 0 aliphatic heterocycles. The number of hydrogen-bond acceptors (Lipinski definition) is 0. The Bertz CT molecular complexity index is 511. The van der Waals surface area contributed by atoms with Gasteiger partial charge in [-0.05, 0) is 0 Å². The van der Waals surface area contributed by atoms with Gasteiger partial charge in [-0.15, -0.1) is 0 Å². The van der Waals surface area contributed by atoms with E-state index in [-0.39, 0.29) is 0 Å². The topological polar surface area (TPSA) is 0 Å². The fourth-order valence-corrected chi connectivity index (χ4v) is 7.29. The molecule has 0 aromatic heterocycles. The molecule has 0 saturated carbocycles. The van der Waals surface area contributed by atoms with Gasteiger partial charge < -0.3 is 0 Å². The summed E-state index contributed by atoms with van der Waals surface area (Å²) >= 11 is 1.89. The molecule has 0 heterocycles. The summed E-state index contributed by atoms with van der Waals surface area (Å²) in [5, 5.41) is 0. The first-order chi connectivity index (χ1) is 8.77. The first-order valence-corrected chi connectivity index (χ1v) is 10.4. The Balaban J connectivity index is 2.32. The Morgan fingerprint density at radius 2 is 0.947 bits per heavy atom. The van der Waals surface area contributed by atoms with E-state index in [9.17, 15) is 0 Å². The Morgan fingerprint density at radius 1 is 0.632 bits per heavy atom. The van der Waals surface area contributed by atoms with Gasteiger partial charge in [-0.25, -0.2) is 0 Å². The third-order valence-electron chi connectivity index (χ3n) is 5.15. The van der Waals surface area contributed by atoms with Crippen LogP contribution in [0.1, 0.15) is 41.5 Å². The van der Waals surface area contributed by atoms with Crippen molar-refractivity contribution in [2.24, 2.45) is 0 Å². The standard InChI is InChI=1S/2C8H13Si.Ni/c2*1-5-4-8(9)7(3)6(5)2;/h2*8H,1-3,9H3;. The third-order valence-corrected chi connectivity index (χ3v) is 11.1. The second kappa shape index (κ2) is 5.35. The minimum atomic E-state index is 0.760. The van der Waals surface area contributed by atoms with Crippen LogP contribution in [-0.2, 0) is 14.4 Å². The molecule has 2 aliphatic carbocycles. The van der Waals surface area contributed by atoms with Crippen molar-refractivity contribution < 1.29 is 14.4 Å². The molecule has 19 heavy (non-hydrogen) atoms. The van der Waals surface area contributed by atoms with Crippen molar-refractivity contribution in [1.29, 1.82) is 0 Å². The average Bonchev–Trinajstić information content (AvgIpc) is 2.68. The van der Waals surface area contributed by atoms with Crippen LogP contribution >= 0.6 is 0 Å². The monoisotopic (exact) mass is 332 g/mol. The fourth-order valence-electron chi connectivity index (χ4n) is 2.93. The van der Waals surface area contributed by atoms with Crippen molar-refractivity contribution in [1.82, 2.24) is 0 Å². The predicted molar refractivity (Wildman–Crippen MR) is 89.5 cm³/mol. The summed E-state index contributed by atoms with van der Waals surface area (Å²) in [5.41, 5.74) is 11.0. The van der Waals surface area contributed by atoms with E-state index in [1.54, 1.807) is 42.5 Å². The van der Waals surface area contributed by atoms with Crippen molar-refractivity contribution in [3.63, 3.8) is 0 Å². The zero-order chi connectivity index (χ0) is 14.5. The normalized spacial score (nSPS) is 28.9. The Labute approximate surface area is 130 Å². The molecule has 3 heteroatoms. The molecule has 0 aromatic carbocycles. The Hall–Kier alpha value is -0.113. The van der Waals surface area contributed by atoms with E-state index in [1.807, 2.05) is 14.4 Å². The molecule has 0 radical (unpaired) electrons. The summed E-state index contributed by atoms with van der Waals surface area (Å²) in [6, 6.07) is 0. The molecule has 0 aromatic rings. The third kappa shape index (κ3) is 2.34. The number of hydrogen-bond donors (Lipinski definition) is 0. The number of allylic oxidation sites excluding steroid dienone is 8. The SMILES string of the molecule is CC1=C(C)C([SiH3])[C]([Ni][C]2=C(C)C(C)=C(C)C2[SiH3])=C1C. The van der Waals surface area contributed by atoms with Gasteiger partial charge in [0.25, 0.3) is 0 Å². The van der Waals surface area contributed by atoms with Gasteiger partial charge in [0.15, 0.2) is 0 Å². The van der Waals surface area contributed by atoms with Gasteiger partial charge >= 0.3 is 130 Å². The first kappa shape index (κ1) is 15.3. The molecule has 108 valence electrons. The second-order valence-electron chi connectivity index (χ2n) is 6.02. The van der Waals surface area contributed by atoms with E-state index >= 15 is 0 Å². The Kier molecular flexibility index (Phi) is 4.30. The summed E-state index contributed by atoms with van der Waals surface area (Å²) in [4.78, 5) is 0. The number of rotatable bonds is 2. The van der Waals surface area contributed by atoms with Crippen LogP contribution in [0, 0.1) is 0 Å². The molecular formula is C16H26NiSi2. The van der Waals surface area contributed by atoms with Gasteiger partial charge in [0, 0.05) is 0 Å². The van der Waals surface area contributed by atoms with Crippen LogP contribution < -0.4 is 0 Å². The van der Waals surface area contributed by atoms with Crippen molar-refractivity contribution in [2.75, 3.05) is 0 Å². The molecule has 0 spiro atoms. The fraction of sp³-hybridized carbons (Fsp3) is 0.500. The molecule has 0 saturated heterocycles. The van der Waals surface area contributed by atoms with E-state index in [0.717, 1.165) is 11.1 Å². The van der Waals surface area contributed by atoms with E-state index in [2.05, 4.69) is 41.5 Å². The van der Waals surface area contributed by atoms with Gasteiger partial charge in [-0.3, -0.25) is 0 Å². The van der Waals surface area contributed by atoms with Gasteiger partial charge in [-0.1, -0.05) is 0 Å². The van der Waals surface area contributed by atoms with Crippen LogP contribution in [0.4, 0.5) is 0 Å². The maximum absolute atomic E-state index is 2.33. The molecule has 0 N–H and O–H groups in total. The molecule has 0 amide bonds. The zero-order valence-electron chi connectivity index (χ0n) is 13.5. The molecule has 0 fully saturated rings. The van der Waals surface area contributed by atoms with Gasteiger partial charge in [0.05, 0.1) is 0 Å². The van der Waals surface area contributed by atoms with Gasteiger partial charge in [0.1, 0.15) is 0 Å². The molecule has 2 aliphatic rings. The van der Waals surface area contributed by atoms with Crippen LogP contribution in [0.15, 0.2) is 42.5 Å². The van der Waals surface area contributed by atoms with Crippen molar-refractivity contribution in [2.45, 2.75) is 52.6 Å². The molecule has 0 bridgehead atoms. The van der Waals surface area contributed by atoms with E-state index in [1.165, 1.54) is 20.5 Å². The van der Waals surface area contributed by atoms with Crippen LogP contribution in [0.2, 0.25) is 11.1 Å². The van der Waals surface area contributed by atoms with Crippen LogP contribution in [0.25, 0.3) is 0 Å². The van der Waals surface area contributed by atoms with E-state index in [4.69, 9.17) is 0 Å². The summed E-state index contributed by atoms with van der Waals surface area (Å²) in [5.74, 6) is 0. The van der Waals surface area contributed by atoms with E-state index < -0.39 is 0 Å². The van der Waals surface area contributed by atoms with Gasteiger partial charge in [0.2, 0.25) is 0 Å². The molecular weight excluding hydrogens is 307 g/mol. The summed E-state index contributed by atoms with van der Waals surface area (Å²) < 4.78 is 3.35. The van der Waals surface area contributed by atoms with Crippen LogP contribution in [-0.4, -0.2) is 20.5 Å². The predicted octanol–water partition coefficient (Wildman–Crippen LogP) is 2.62. The van der Waals surface area contributed by atoms with Crippen molar-refractivity contribution in [3.8, 4) is 0 Å². The summed E-state index contributed by atoms with van der Waals surface area (Å²) in [7, 11) is 2.49. The van der Waals surface area contributed by atoms with Gasteiger partial charge in [-0.2, -0.15) is 0 Å². The average molecular weight is 333 g/mol. The molecule has 2 atom stereocenters. The van der Waals surface area contributed by atoms with Crippen molar-refractivity contribution >= 4 is 20.5 Å².